The van der Waals surface area contributed by atoms with Crippen LogP contribution in [-0.2, 0) is 22.4 Å². The second kappa shape index (κ2) is 10.4. The van der Waals surface area contributed by atoms with Crippen LogP contribution in [-0.4, -0.2) is 56.1 Å². The molecule has 0 atom stereocenters. The Morgan fingerprint density at radius 3 is 2.56 bits per heavy atom. The maximum atomic E-state index is 12.8. The Bertz CT molecular complexity index is 1000. The van der Waals surface area contributed by atoms with Gasteiger partial charge in [-0.25, -0.2) is 4.79 Å². The number of rotatable bonds is 6. The molecule has 4 rings (SSSR count). The minimum atomic E-state index is -0.336. The molecule has 1 N–H and O–H groups in total. The van der Waals surface area contributed by atoms with Gasteiger partial charge < -0.3 is 15.0 Å². The van der Waals surface area contributed by atoms with Gasteiger partial charge in [-0.2, -0.15) is 0 Å². The summed E-state index contributed by atoms with van der Waals surface area (Å²) in [6.07, 6.45) is 4.00. The molecular formula is C23H27Cl2N3O3S. The molecule has 1 aliphatic heterocycles. The third-order valence-electron chi connectivity index (χ3n) is 5.91. The van der Waals surface area contributed by atoms with Crippen molar-refractivity contribution in [3.8, 4) is 0 Å². The van der Waals surface area contributed by atoms with Gasteiger partial charge in [-0.3, -0.25) is 9.69 Å². The number of halogens is 2. The monoisotopic (exact) mass is 495 g/mol. The molecule has 1 saturated heterocycles. The molecule has 1 aromatic heterocycles. The zero-order chi connectivity index (χ0) is 22.7. The minimum absolute atomic E-state index is 0.0999. The lowest BCUT2D eigenvalue weighted by Gasteiger charge is -2.35. The number of anilines is 2. The van der Waals surface area contributed by atoms with E-state index in [0.717, 1.165) is 63.1 Å². The van der Waals surface area contributed by atoms with Crippen molar-refractivity contribution in [1.82, 2.24) is 4.90 Å². The molecule has 2 heterocycles. The molecule has 0 radical (unpaired) electrons. The van der Waals surface area contributed by atoms with Crippen LogP contribution in [0.1, 0.15) is 40.6 Å². The summed E-state index contributed by atoms with van der Waals surface area (Å²) in [7, 11) is 0. The summed E-state index contributed by atoms with van der Waals surface area (Å²) in [4.78, 5) is 31.0. The van der Waals surface area contributed by atoms with E-state index in [1.54, 1.807) is 13.0 Å². The third-order valence-corrected chi connectivity index (χ3v) is 7.86. The Morgan fingerprint density at radius 1 is 1.09 bits per heavy atom. The highest BCUT2D eigenvalue weighted by Crippen LogP contribution is 2.38. The predicted molar refractivity (Wildman–Crippen MR) is 131 cm³/mol. The second-order valence-corrected chi connectivity index (χ2v) is 9.96. The number of carbonyl (C=O) groups excluding carboxylic acids is 2. The molecule has 0 bridgehead atoms. The maximum Gasteiger partial charge on any atom is 0.341 e. The molecule has 172 valence electrons. The van der Waals surface area contributed by atoms with Gasteiger partial charge in [0.2, 0.25) is 5.91 Å². The normalized spacial score (nSPS) is 16.5. The summed E-state index contributed by atoms with van der Waals surface area (Å²) in [5.41, 5.74) is 2.65. The smallest absolute Gasteiger partial charge is 0.341 e. The number of hydrogen-bond donors (Lipinski definition) is 1. The first-order valence-corrected chi connectivity index (χ1v) is 12.6. The van der Waals surface area contributed by atoms with Crippen LogP contribution in [0.5, 0.6) is 0 Å². The van der Waals surface area contributed by atoms with Crippen LogP contribution in [0.3, 0.4) is 0 Å². The molecule has 1 aromatic carbocycles. The van der Waals surface area contributed by atoms with Crippen molar-refractivity contribution >= 4 is 57.1 Å². The van der Waals surface area contributed by atoms with Gasteiger partial charge in [0, 0.05) is 36.7 Å². The number of benzene rings is 1. The Kier molecular flexibility index (Phi) is 7.61. The molecule has 0 spiro atoms. The molecule has 32 heavy (non-hydrogen) atoms. The predicted octanol–water partition coefficient (Wildman–Crippen LogP) is 4.87. The number of nitrogens with one attached hydrogen (secondary N) is 1. The zero-order valence-corrected chi connectivity index (χ0v) is 20.4. The molecule has 9 heteroatoms. The van der Waals surface area contributed by atoms with Gasteiger partial charge in [-0.15, -0.1) is 11.3 Å². The van der Waals surface area contributed by atoms with Gasteiger partial charge in [0.15, 0.2) is 0 Å². The number of hydrogen-bond acceptors (Lipinski definition) is 6. The van der Waals surface area contributed by atoms with Crippen molar-refractivity contribution in [2.24, 2.45) is 0 Å². The number of aryl methyl sites for hydroxylation is 1. The second-order valence-electron chi connectivity index (χ2n) is 8.05. The van der Waals surface area contributed by atoms with E-state index in [1.807, 2.05) is 12.1 Å². The summed E-state index contributed by atoms with van der Waals surface area (Å²) in [6, 6.07) is 5.65. The Balaban J connectivity index is 1.37. The molecule has 1 fully saturated rings. The largest absolute Gasteiger partial charge is 0.462 e. The van der Waals surface area contributed by atoms with E-state index in [2.05, 4.69) is 15.1 Å². The Labute approximate surface area is 202 Å². The SMILES string of the molecule is CCOC(=O)c1c(NC(=O)CN2CCN(c3ccc(Cl)c(Cl)c3)CC2)sc2c1CCCC2. The fourth-order valence-electron chi connectivity index (χ4n) is 4.29. The number of piperazine rings is 1. The summed E-state index contributed by atoms with van der Waals surface area (Å²) in [6.45, 7) is 5.53. The van der Waals surface area contributed by atoms with Crippen LogP contribution < -0.4 is 10.2 Å². The van der Waals surface area contributed by atoms with Crippen molar-refractivity contribution in [1.29, 1.82) is 0 Å². The number of thiophene rings is 1. The number of ether oxygens (including phenoxy) is 1. The number of amides is 1. The van der Waals surface area contributed by atoms with Gasteiger partial charge in [-0.05, 0) is 56.4 Å². The lowest BCUT2D eigenvalue weighted by atomic mass is 9.95. The topological polar surface area (TPSA) is 61.9 Å². The number of fused-ring (bicyclic) bond motifs is 1. The Morgan fingerprint density at radius 2 is 1.84 bits per heavy atom. The van der Waals surface area contributed by atoms with Crippen LogP contribution >= 0.6 is 34.5 Å². The number of nitrogens with zero attached hydrogens (tertiary/aromatic N) is 2. The first-order valence-electron chi connectivity index (χ1n) is 11.0. The Hall–Kier alpha value is -1.80. The molecule has 2 aromatic rings. The van der Waals surface area contributed by atoms with Crippen molar-refractivity contribution in [2.75, 3.05) is 49.5 Å². The molecule has 2 aliphatic rings. The lowest BCUT2D eigenvalue weighted by molar-refractivity contribution is -0.117. The van der Waals surface area contributed by atoms with E-state index in [1.165, 1.54) is 16.2 Å². The third kappa shape index (κ3) is 5.22. The minimum Gasteiger partial charge on any atom is -0.462 e. The van der Waals surface area contributed by atoms with Crippen LogP contribution in [0.15, 0.2) is 18.2 Å². The van der Waals surface area contributed by atoms with E-state index in [0.29, 0.717) is 33.8 Å². The fraction of sp³-hybridized carbons (Fsp3) is 0.478. The first kappa shape index (κ1) is 23.4. The van der Waals surface area contributed by atoms with Gasteiger partial charge in [-0.1, -0.05) is 23.2 Å². The van der Waals surface area contributed by atoms with Gasteiger partial charge in [0.1, 0.15) is 5.00 Å². The van der Waals surface area contributed by atoms with E-state index in [9.17, 15) is 9.59 Å². The average Bonchev–Trinajstić information content (AvgIpc) is 3.14. The molecule has 0 saturated carbocycles. The highest BCUT2D eigenvalue weighted by atomic mass is 35.5. The van der Waals surface area contributed by atoms with Crippen LogP contribution in [0.25, 0.3) is 0 Å². The zero-order valence-electron chi connectivity index (χ0n) is 18.1. The van der Waals surface area contributed by atoms with Crippen molar-refractivity contribution in [3.05, 3.63) is 44.2 Å². The first-order chi connectivity index (χ1) is 15.5. The highest BCUT2D eigenvalue weighted by Gasteiger charge is 2.28. The standard InChI is InChI=1S/C23H27Cl2N3O3S/c1-2-31-23(30)21-16-5-3-4-6-19(16)32-22(21)26-20(29)14-27-9-11-28(12-10-27)15-7-8-17(24)18(25)13-15/h7-8,13H,2-6,9-12,14H2,1H3,(H,26,29). The van der Waals surface area contributed by atoms with Crippen LogP contribution in [0.4, 0.5) is 10.7 Å². The molecule has 0 unspecified atom stereocenters. The van der Waals surface area contributed by atoms with Crippen molar-refractivity contribution in [2.45, 2.75) is 32.6 Å². The molecular weight excluding hydrogens is 469 g/mol. The quantitative estimate of drug-likeness (QED) is 0.579. The summed E-state index contributed by atoms with van der Waals surface area (Å²) >= 11 is 13.7. The maximum absolute atomic E-state index is 12.8. The summed E-state index contributed by atoms with van der Waals surface area (Å²) in [5, 5.41) is 4.72. The van der Waals surface area contributed by atoms with Crippen LogP contribution in [0.2, 0.25) is 10.0 Å². The van der Waals surface area contributed by atoms with Gasteiger partial charge in [0.05, 0.1) is 28.8 Å². The summed E-state index contributed by atoms with van der Waals surface area (Å²) in [5.74, 6) is -0.436. The molecule has 1 amide bonds. The number of esters is 1. The molecule has 1 aliphatic carbocycles. The van der Waals surface area contributed by atoms with Gasteiger partial charge in [0.25, 0.3) is 0 Å². The number of carbonyl (C=O) groups is 2. The van der Waals surface area contributed by atoms with E-state index < -0.39 is 0 Å². The highest BCUT2D eigenvalue weighted by molar-refractivity contribution is 7.17. The van der Waals surface area contributed by atoms with Gasteiger partial charge >= 0.3 is 5.97 Å². The fourth-order valence-corrected chi connectivity index (χ4v) is 5.87. The van der Waals surface area contributed by atoms with E-state index >= 15 is 0 Å². The van der Waals surface area contributed by atoms with Crippen molar-refractivity contribution in [3.63, 3.8) is 0 Å². The summed E-state index contributed by atoms with van der Waals surface area (Å²) < 4.78 is 5.28. The lowest BCUT2D eigenvalue weighted by Crippen LogP contribution is -2.48. The average molecular weight is 496 g/mol. The van der Waals surface area contributed by atoms with Crippen molar-refractivity contribution < 1.29 is 14.3 Å². The molecule has 6 nitrogen and oxygen atoms in total. The van der Waals surface area contributed by atoms with Crippen LogP contribution in [0, 0.1) is 0 Å². The van der Waals surface area contributed by atoms with E-state index in [-0.39, 0.29) is 11.9 Å². The van der Waals surface area contributed by atoms with E-state index in [4.69, 9.17) is 27.9 Å².